The van der Waals surface area contributed by atoms with Crippen molar-refractivity contribution in [2.24, 2.45) is 0 Å². The Labute approximate surface area is 333 Å². The van der Waals surface area contributed by atoms with E-state index >= 15 is 0 Å². The molecule has 266 valence electrons. The first-order chi connectivity index (χ1) is 28.3. The minimum absolute atomic E-state index is 0.420. The lowest BCUT2D eigenvalue weighted by Gasteiger charge is -2.32. The van der Waals surface area contributed by atoms with Gasteiger partial charge in [0.2, 0.25) is 0 Å². The molecule has 1 spiro atoms. The van der Waals surface area contributed by atoms with Gasteiger partial charge in [0, 0.05) is 17.9 Å². The lowest BCUT2D eigenvalue weighted by molar-refractivity contribution is 0.799. The summed E-state index contributed by atoms with van der Waals surface area (Å²) in [5.74, 6) is 0. The summed E-state index contributed by atoms with van der Waals surface area (Å²) in [7, 11) is 0. The molecule has 0 N–H and O–H groups in total. The summed E-state index contributed by atoms with van der Waals surface area (Å²) in [6, 6.07) is 71.4. The van der Waals surface area contributed by atoms with Gasteiger partial charge in [-0.3, -0.25) is 0 Å². The maximum atomic E-state index is 2.58. The van der Waals surface area contributed by atoms with E-state index in [-0.39, 0.29) is 0 Å². The van der Waals surface area contributed by atoms with Crippen LogP contribution in [0.4, 0.5) is 11.4 Å². The zero-order chi connectivity index (χ0) is 37.2. The van der Waals surface area contributed by atoms with Gasteiger partial charge < -0.3 is 4.90 Å². The van der Waals surface area contributed by atoms with Crippen molar-refractivity contribution in [2.75, 3.05) is 4.90 Å². The largest absolute Gasteiger partial charge is 0.337 e. The number of hydrogen-bond acceptors (Lipinski definition) is 1. The Morgan fingerprint density at radius 2 is 0.965 bits per heavy atom. The summed E-state index contributed by atoms with van der Waals surface area (Å²) in [5.41, 5.74) is 25.4. The second kappa shape index (κ2) is 11.5. The van der Waals surface area contributed by atoms with Gasteiger partial charge in [0.25, 0.3) is 0 Å². The van der Waals surface area contributed by atoms with Gasteiger partial charge >= 0.3 is 0 Å². The van der Waals surface area contributed by atoms with Gasteiger partial charge in [0.05, 0.1) is 5.41 Å². The van der Waals surface area contributed by atoms with E-state index < -0.39 is 5.41 Å². The second-order valence-electron chi connectivity index (χ2n) is 16.3. The molecule has 13 rings (SSSR count). The van der Waals surface area contributed by atoms with Crippen LogP contribution in [0.3, 0.4) is 0 Å². The molecule has 9 aromatic rings. The van der Waals surface area contributed by atoms with Crippen molar-refractivity contribution in [3.05, 3.63) is 238 Å². The highest BCUT2D eigenvalue weighted by molar-refractivity contribution is 6.04. The Bertz CT molecular complexity index is 3180. The lowest BCUT2D eigenvalue weighted by atomic mass is 9.69. The van der Waals surface area contributed by atoms with Crippen LogP contribution in [-0.4, -0.2) is 0 Å². The molecule has 0 saturated heterocycles. The predicted molar refractivity (Wildman–Crippen MR) is 235 cm³/mol. The van der Waals surface area contributed by atoms with Crippen molar-refractivity contribution in [1.82, 2.24) is 0 Å². The average Bonchev–Trinajstić information content (AvgIpc) is 4.00. The minimum atomic E-state index is -0.420. The van der Waals surface area contributed by atoms with Gasteiger partial charge in [-0.25, -0.2) is 0 Å². The Morgan fingerprint density at radius 1 is 0.386 bits per heavy atom. The highest BCUT2D eigenvalue weighted by Crippen LogP contribution is 2.64. The van der Waals surface area contributed by atoms with Gasteiger partial charge in [0.15, 0.2) is 0 Å². The molecule has 0 saturated carbocycles. The third-order valence-electron chi connectivity index (χ3n) is 13.6. The molecule has 1 unspecified atom stereocenters. The fraction of sp³-hybridized carbons (Fsp3) is 0.0714. The standard InChI is InChI=1S/C56H37N/c1-6-18-46-35(12-1)25-28-48-47-19-7-9-21-51(47)56(55(46)48)52-22-10-8-20-49(52)54-39(15-11-23-53(54)56)34-57(41-27-29-45-40(32-41)31-37-14-2-4-16-43(37)45)42-26-24-38-30-36-13-3-5-17-44(36)50(38)33-42/h1-29,32-33H,30-31,34H2. The van der Waals surface area contributed by atoms with Gasteiger partial charge in [-0.15, -0.1) is 0 Å². The molecule has 0 aromatic heterocycles. The summed E-state index contributed by atoms with van der Waals surface area (Å²) >= 11 is 0. The van der Waals surface area contributed by atoms with E-state index in [9.17, 15) is 0 Å². The Morgan fingerprint density at radius 3 is 1.81 bits per heavy atom. The SMILES string of the molecule is c1ccc2c(c1)Cc1cc(N(Cc3cccc4c3-c3ccccc3C43c4ccccc4-c4ccc5ccccc5c43)c3ccc4c(c3)-c3ccccc3C4)ccc1-2. The van der Waals surface area contributed by atoms with Gasteiger partial charge in [-0.05, 0) is 142 Å². The molecule has 9 aromatic carbocycles. The average molecular weight is 724 g/mol. The zero-order valence-corrected chi connectivity index (χ0v) is 31.5. The van der Waals surface area contributed by atoms with E-state index in [1.165, 1.54) is 117 Å². The third-order valence-corrected chi connectivity index (χ3v) is 13.6. The van der Waals surface area contributed by atoms with Crippen molar-refractivity contribution < 1.29 is 0 Å². The summed E-state index contributed by atoms with van der Waals surface area (Å²) < 4.78 is 0. The van der Waals surface area contributed by atoms with Gasteiger partial charge in [-0.2, -0.15) is 0 Å². The first-order valence-electron chi connectivity index (χ1n) is 20.3. The Balaban J connectivity index is 1.04. The monoisotopic (exact) mass is 723 g/mol. The molecule has 4 aliphatic rings. The van der Waals surface area contributed by atoms with Crippen LogP contribution in [0.2, 0.25) is 0 Å². The molecule has 4 aliphatic carbocycles. The van der Waals surface area contributed by atoms with Crippen LogP contribution < -0.4 is 4.90 Å². The van der Waals surface area contributed by atoms with Crippen LogP contribution in [0, 0.1) is 0 Å². The van der Waals surface area contributed by atoms with Crippen LogP contribution in [0.15, 0.2) is 188 Å². The van der Waals surface area contributed by atoms with E-state index in [2.05, 4.69) is 193 Å². The zero-order valence-electron chi connectivity index (χ0n) is 31.5. The smallest absolute Gasteiger partial charge is 0.0731 e. The van der Waals surface area contributed by atoms with Crippen LogP contribution in [0.5, 0.6) is 0 Å². The number of anilines is 2. The van der Waals surface area contributed by atoms with Gasteiger partial charge in [0.1, 0.15) is 0 Å². The van der Waals surface area contributed by atoms with E-state index in [0.717, 1.165) is 19.4 Å². The Kier molecular flexibility index (Phi) is 6.33. The van der Waals surface area contributed by atoms with Crippen LogP contribution >= 0.6 is 0 Å². The van der Waals surface area contributed by atoms with E-state index in [1.54, 1.807) is 0 Å². The lowest BCUT2D eigenvalue weighted by Crippen LogP contribution is -2.26. The topological polar surface area (TPSA) is 3.24 Å². The molecule has 0 fully saturated rings. The molecule has 0 amide bonds. The molecule has 0 aliphatic heterocycles. The summed E-state index contributed by atoms with van der Waals surface area (Å²) in [6.45, 7) is 0.740. The number of fused-ring (bicyclic) bond motifs is 18. The number of rotatable bonds is 4. The first kappa shape index (κ1) is 31.3. The fourth-order valence-electron chi connectivity index (χ4n) is 11.3. The second-order valence-corrected chi connectivity index (χ2v) is 16.3. The molecular weight excluding hydrogens is 687 g/mol. The highest BCUT2D eigenvalue weighted by atomic mass is 15.1. The predicted octanol–water partition coefficient (Wildman–Crippen LogP) is 13.7. The van der Waals surface area contributed by atoms with Gasteiger partial charge in [-0.1, -0.05) is 164 Å². The van der Waals surface area contributed by atoms with Crippen molar-refractivity contribution in [1.29, 1.82) is 0 Å². The van der Waals surface area contributed by atoms with Crippen LogP contribution in [0.1, 0.15) is 50.1 Å². The summed E-state index contributed by atoms with van der Waals surface area (Å²) in [5, 5.41) is 2.62. The van der Waals surface area contributed by atoms with Crippen molar-refractivity contribution in [3.63, 3.8) is 0 Å². The highest BCUT2D eigenvalue weighted by Gasteiger charge is 2.52. The molecule has 0 bridgehead atoms. The molecule has 1 atom stereocenters. The summed E-state index contributed by atoms with van der Waals surface area (Å²) in [6.07, 6.45) is 1.96. The van der Waals surface area contributed by atoms with E-state index in [0.29, 0.717) is 0 Å². The summed E-state index contributed by atoms with van der Waals surface area (Å²) in [4.78, 5) is 2.58. The van der Waals surface area contributed by atoms with Crippen LogP contribution in [-0.2, 0) is 24.8 Å². The quantitative estimate of drug-likeness (QED) is 0.175. The number of hydrogen-bond donors (Lipinski definition) is 0. The normalized spacial score (nSPS) is 15.7. The van der Waals surface area contributed by atoms with E-state index in [4.69, 9.17) is 0 Å². The molecule has 0 heterocycles. The molecule has 1 heteroatoms. The fourth-order valence-corrected chi connectivity index (χ4v) is 11.3. The van der Waals surface area contributed by atoms with E-state index in [1.807, 2.05) is 0 Å². The van der Waals surface area contributed by atoms with Crippen molar-refractivity contribution >= 4 is 22.1 Å². The minimum Gasteiger partial charge on any atom is -0.337 e. The molecule has 1 nitrogen and oxygen atoms in total. The first-order valence-corrected chi connectivity index (χ1v) is 20.3. The molecule has 0 radical (unpaired) electrons. The maximum Gasteiger partial charge on any atom is 0.0731 e. The number of nitrogens with zero attached hydrogens (tertiary/aromatic N) is 1. The van der Waals surface area contributed by atoms with Crippen LogP contribution in [0.25, 0.3) is 55.3 Å². The van der Waals surface area contributed by atoms with Crippen molar-refractivity contribution in [2.45, 2.75) is 24.8 Å². The Hall–Kier alpha value is -6.96. The maximum absolute atomic E-state index is 2.58. The third kappa shape index (κ3) is 4.18. The molecule has 57 heavy (non-hydrogen) atoms. The number of benzene rings is 9. The molecular formula is C56H37N. The van der Waals surface area contributed by atoms with Crippen molar-refractivity contribution in [3.8, 4) is 44.5 Å².